The van der Waals surface area contributed by atoms with Crippen LogP contribution in [0, 0.1) is 0 Å². The van der Waals surface area contributed by atoms with Crippen molar-refractivity contribution < 1.29 is 13.2 Å². The highest BCUT2D eigenvalue weighted by Crippen LogP contribution is 2.31. The molecule has 20 heavy (non-hydrogen) atoms. The third-order valence-electron chi connectivity index (χ3n) is 2.74. The minimum absolute atomic E-state index is 0.457. The Hall–Kier alpha value is -1.13. The summed E-state index contributed by atoms with van der Waals surface area (Å²) in [5.74, 6) is 0.961. The van der Waals surface area contributed by atoms with Crippen LogP contribution in [0.4, 0.5) is 13.2 Å². The Bertz CT molecular complexity index is 564. The third kappa shape index (κ3) is 4.18. The number of rotatable bonds is 4. The fourth-order valence-electron chi connectivity index (χ4n) is 1.68. The molecule has 0 nitrogen and oxygen atoms in total. The molecule has 0 aliphatic carbocycles. The van der Waals surface area contributed by atoms with Gasteiger partial charge in [-0.3, -0.25) is 0 Å². The molecule has 106 valence electrons. The highest BCUT2D eigenvalue weighted by molar-refractivity contribution is 7.98. The van der Waals surface area contributed by atoms with E-state index < -0.39 is 11.7 Å². The van der Waals surface area contributed by atoms with Gasteiger partial charge in [-0.1, -0.05) is 30.3 Å². The summed E-state index contributed by atoms with van der Waals surface area (Å²) in [6.45, 7) is 0. The molecule has 0 amide bonds. The van der Waals surface area contributed by atoms with Gasteiger partial charge in [0, 0.05) is 16.5 Å². The molecule has 0 saturated heterocycles. The molecule has 0 unspecified atom stereocenters. The first-order valence-electron chi connectivity index (χ1n) is 5.93. The molecule has 2 aromatic rings. The van der Waals surface area contributed by atoms with Gasteiger partial charge in [0.2, 0.25) is 0 Å². The predicted octanol–water partition coefficient (Wildman–Crippen LogP) is 5.74. The normalized spacial score (nSPS) is 11.6. The number of alkyl halides is 4. The zero-order chi connectivity index (χ0) is 14.6. The minimum Gasteiger partial charge on any atom is -0.166 e. The number of thioether (sulfide) groups is 1. The van der Waals surface area contributed by atoms with E-state index in [1.807, 2.05) is 24.3 Å². The number of halogens is 4. The van der Waals surface area contributed by atoms with E-state index in [4.69, 9.17) is 11.6 Å². The maximum absolute atomic E-state index is 12.6. The van der Waals surface area contributed by atoms with E-state index in [0.717, 1.165) is 16.5 Å². The van der Waals surface area contributed by atoms with E-state index >= 15 is 0 Å². The van der Waals surface area contributed by atoms with E-state index in [9.17, 15) is 13.2 Å². The topological polar surface area (TPSA) is 0 Å². The van der Waals surface area contributed by atoms with Crippen LogP contribution in [0.2, 0.25) is 0 Å². The predicted molar refractivity (Wildman–Crippen MR) is 77.0 cm³/mol. The molecule has 0 radical (unpaired) electrons. The standard InChI is InChI=1S/C15H12ClF3S/c16-9-11-4-6-14(7-5-11)20-10-12-2-1-3-13(8-12)15(17,18)19/h1-8H,9-10H2. The van der Waals surface area contributed by atoms with Gasteiger partial charge in [0.15, 0.2) is 0 Å². The highest BCUT2D eigenvalue weighted by Gasteiger charge is 2.30. The monoisotopic (exact) mass is 316 g/mol. The van der Waals surface area contributed by atoms with Crippen LogP contribution in [0.25, 0.3) is 0 Å². The summed E-state index contributed by atoms with van der Waals surface area (Å²) in [6.07, 6.45) is -4.29. The van der Waals surface area contributed by atoms with Crippen LogP contribution in [0.15, 0.2) is 53.4 Å². The molecule has 0 bridgehead atoms. The number of hydrogen-bond acceptors (Lipinski definition) is 1. The Balaban J connectivity index is 2.03. The van der Waals surface area contributed by atoms with Crippen molar-refractivity contribution in [3.63, 3.8) is 0 Å². The van der Waals surface area contributed by atoms with Gasteiger partial charge in [-0.05, 0) is 29.3 Å². The minimum atomic E-state index is -4.29. The molecule has 0 N–H and O–H groups in total. The lowest BCUT2D eigenvalue weighted by Gasteiger charge is -2.08. The number of hydrogen-bond donors (Lipinski definition) is 0. The summed E-state index contributed by atoms with van der Waals surface area (Å²) < 4.78 is 37.8. The van der Waals surface area contributed by atoms with Crippen molar-refractivity contribution in [2.45, 2.75) is 22.7 Å². The fourth-order valence-corrected chi connectivity index (χ4v) is 2.70. The van der Waals surface area contributed by atoms with E-state index in [1.165, 1.54) is 23.9 Å². The average Bonchev–Trinajstić information content (AvgIpc) is 2.45. The molecular weight excluding hydrogens is 305 g/mol. The van der Waals surface area contributed by atoms with Crippen molar-refractivity contribution in [2.75, 3.05) is 0 Å². The van der Waals surface area contributed by atoms with Crippen molar-refractivity contribution in [3.8, 4) is 0 Å². The van der Waals surface area contributed by atoms with Gasteiger partial charge in [0.1, 0.15) is 0 Å². The second kappa shape index (κ2) is 6.55. The summed E-state index contributed by atoms with van der Waals surface area (Å²) in [6, 6.07) is 13.1. The highest BCUT2D eigenvalue weighted by atomic mass is 35.5. The first kappa shape index (κ1) is 15.3. The van der Waals surface area contributed by atoms with Crippen LogP contribution in [0.1, 0.15) is 16.7 Å². The second-order valence-corrected chi connectivity index (χ2v) is 5.58. The molecular formula is C15H12ClF3S. The second-order valence-electron chi connectivity index (χ2n) is 4.26. The molecule has 0 aromatic heterocycles. The first-order chi connectivity index (χ1) is 9.49. The van der Waals surface area contributed by atoms with E-state index in [0.29, 0.717) is 17.2 Å². The molecule has 0 spiro atoms. The number of benzene rings is 2. The van der Waals surface area contributed by atoms with Crippen LogP contribution in [-0.2, 0) is 17.8 Å². The molecule has 5 heteroatoms. The van der Waals surface area contributed by atoms with Crippen LogP contribution in [0.5, 0.6) is 0 Å². The SMILES string of the molecule is FC(F)(F)c1cccc(CSc2ccc(CCl)cc2)c1. The Labute approximate surface area is 125 Å². The lowest BCUT2D eigenvalue weighted by atomic mass is 10.1. The van der Waals surface area contributed by atoms with Gasteiger partial charge in [0.25, 0.3) is 0 Å². The molecule has 0 aliphatic heterocycles. The Morgan fingerprint density at radius 1 is 0.950 bits per heavy atom. The van der Waals surface area contributed by atoms with Gasteiger partial charge in [-0.15, -0.1) is 23.4 Å². The fraction of sp³-hybridized carbons (Fsp3) is 0.200. The molecule has 0 saturated carbocycles. The molecule has 2 aromatic carbocycles. The van der Waals surface area contributed by atoms with Crippen molar-refractivity contribution in [2.24, 2.45) is 0 Å². The smallest absolute Gasteiger partial charge is 0.166 e. The van der Waals surface area contributed by atoms with Crippen molar-refractivity contribution in [3.05, 3.63) is 65.2 Å². The average molecular weight is 317 g/mol. The summed E-state index contributed by atoms with van der Waals surface area (Å²) >= 11 is 7.20. The van der Waals surface area contributed by atoms with Crippen LogP contribution in [-0.4, -0.2) is 0 Å². The van der Waals surface area contributed by atoms with Crippen LogP contribution >= 0.6 is 23.4 Å². The van der Waals surface area contributed by atoms with E-state index in [-0.39, 0.29) is 0 Å². The van der Waals surface area contributed by atoms with Gasteiger partial charge in [-0.25, -0.2) is 0 Å². The van der Waals surface area contributed by atoms with Crippen molar-refractivity contribution in [1.29, 1.82) is 0 Å². The largest absolute Gasteiger partial charge is 0.416 e. The van der Waals surface area contributed by atoms with Crippen molar-refractivity contribution in [1.82, 2.24) is 0 Å². The maximum atomic E-state index is 12.6. The Kier molecular flexibility index (Phi) is 5.00. The lowest BCUT2D eigenvalue weighted by Crippen LogP contribution is -2.04. The summed E-state index contributed by atoms with van der Waals surface area (Å²) in [7, 11) is 0. The quantitative estimate of drug-likeness (QED) is 0.512. The third-order valence-corrected chi connectivity index (χ3v) is 4.13. The molecule has 0 heterocycles. The first-order valence-corrected chi connectivity index (χ1v) is 7.45. The zero-order valence-corrected chi connectivity index (χ0v) is 12.0. The van der Waals surface area contributed by atoms with Gasteiger partial charge in [0.05, 0.1) is 5.56 Å². The van der Waals surface area contributed by atoms with Crippen LogP contribution in [0.3, 0.4) is 0 Å². The lowest BCUT2D eigenvalue weighted by molar-refractivity contribution is -0.137. The summed E-state index contributed by atoms with van der Waals surface area (Å²) in [5, 5.41) is 0. The molecule has 2 rings (SSSR count). The Morgan fingerprint density at radius 2 is 1.65 bits per heavy atom. The molecule has 0 aliphatic rings. The maximum Gasteiger partial charge on any atom is 0.416 e. The Morgan fingerprint density at radius 3 is 2.25 bits per heavy atom. The molecule has 0 atom stereocenters. The van der Waals surface area contributed by atoms with Crippen molar-refractivity contribution >= 4 is 23.4 Å². The van der Waals surface area contributed by atoms with E-state index in [2.05, 4.69) is 0 Å². The van der Waals surface area contributed by atoms with E-state index in [1.54, 1.807) is 6.07 Å². The summed E-state index contributed by atoms with van der Waals surface area (Å²) in [4.78, 5) is 1.01. The molecule has 0 fully saturated rings. The summed E-state index contributed by atoms with van der Waals surface area (Å²) in [5.41, 5.74) is 1.08. The van der Waals surface area contributed by atoms with Gasteiger partial charge < -0.3 is 0 Å². The van der Waals surface area contributed by atoms with Gasteiger partial charge in [-0.2, -0.15) is 13.2 Å². The zero-order valence-electron chi connectivity index (χ0n) is 10.5. The van der Waals surface area contributed by atoms with Gasteiger partial charge >= 0.3 is 6.18 Å². The van der Waals surface area contributed by atoms with Crippen LogP contribution < -0.4 is 0 Å².